The molecule has 0 bridgehead atoms. The summed E-state index contributed by atoms with van der Waals surface area (Å²) in [6.45, 7) is 8.39. The van der Waals surface area contributed by atoms with E-state index in [1.54, 1.807) is 0 Å². The van der Waals surface area contributed by atoms with Gasteiger partial charge in [-0.25, -0.2) is 5.84 Å². The topological polar surface area (TPSA) is 53.6 Å². The number of hydrazine groups is 1. The second-order valence-electron chi connectivity index (χ2n) is 4.09. The molecule has 1 fully saturated rings. The molecule has 0 spiro atoms. The number of nitrogens with zero attached hydrogens (tertiary/aromatic N) is 2. The molecule has 0 aliphatic carbocycles. The van der Waals surface area contributed by atoms with Crippen LogP contribution in [0.5, 0.6) is 0 Å². The van der Waals surface area contributed by atoms with Crippen molar-refractivity contribution in [1.29, 1.82) is 0 Å². The maximum Gasteiger partial charge on any atom is 0.208 e. The van der Waals surface area contributed by atoms with Crippen LogP contribution in [-0.2, 0) is 0 Å². The van der Waals surface area contributed by atoms with Crippen molar-refractivity contribution in [1.82, 2.24) is 10.3 Å². The summed E-state index contributed by atoms with van der Waals surface area (Å²) in [6, 6.07) is 0.594. The van der Waals surface area contributed by atoms with Gasteiger partial charge in [-0.15, -0.1) is 0 Å². The van der Waals surface area contributed by atoms with E-state index in [4.69, 9.17) is 5.84 Å². The van der Waals surface area contributed by atoms with Crippen molar-refractivity contribution >= 4 is 5.96 Å². The highest BCUT2D eigenvalue weighted by molar-refractivity contribution is 5.80. The molecule has 0 radical (unpaired) electrons. The van der Waals surface area contributed by atoms with Crippen LogP contribution in [0.2, 0.25) is 0 Å². The second-order valence-corrected chi connectivity index (χ2v) is 4.09. The Bertz CT molecular complexity index is 200. The van der Waals surface area contributed by atoms with Gasteiger partial charge < -0.3 is 4.90 Å². The van der Waals surface area contributed by atoms with E-state index < -0.39 is 0 Å². The number of hydrogen-bond donors (Lipinski definition) is 2. The van der Waals surface area contributed by atoms with Crippen molar-refractivity contribution < 1.29 is 0 Å². The van der Waals surface area contributed by atoms with E-state index in [-0.39, 0.29) is 0 Å². The Morgan fingerprint density at radius 2 is 2.36 bits per heavy atom. The van der Waals surface area contributed by atoms with Crippen LogP contribution in [0.1, 0.15) is 33.6 Å². The molecule has 1 aliphatic heterocycles. The zero-order valence-corrected chi connectivity index (χ0v) is 9.45. The summed E-state index contributed by atoms with van der Waals surface area (Å²) in [5, 5.41) is 0. The average Bonchev–Trinajstić information content (AvgIpc) is 2.62. The predicted molar refractivity (Wildman–Crippen MR) is 59.9 cm³/mol. The van der Waals surface area contributed by atoms with Crippen LogP contribution in [0.4, 0.5) is 0 Å². The van der Waals surface area contributed by atoms with E-state index in [1.165, 1.54) is 12.8 Å². The summed E-state index contributed by atoms with van der Waals surface area (Å²) in [7, 11) is 0. The molecular formula is C10H22N4. The Hall–Kier alpha value is -0.770. The maximum atomic E-state index is 5.48. The molecule has 0 amide bonds. The number of aliphatic imine (C=N–C) groups is 1. The van der Waals surface area contributed by atoms with Gasteiger partial charge in [0, 0.05) is 19.1 Å². The van der Waals surface area contributed by atoms with Crippen molar-refractivity contribution in [2.75, 3.05) is 13.1 Å². The molecule has 0 aromatic rings. The fourth-order valence-electron chi connectivity index (χ4n) is 2.12. The quantitative estimate of drug-likeness (QED) is 0.300. The van der Waals surface area contributed by atoms with Crippen LogP contribution >= 0.6 is 0 Å². The van der Waals surface area contributed by atoms with E-state index in [0.717, 1.165) is 19.0 Å². The van der Waals surface area contributed by atoms with Gasteiger partial charge >= 0.3 is 0 Å². The van der Waals surface area contributed by atoms with Crippen LogP contribution in [0.3, 0.4) is 0 Å². The number of hydrogen-bond acceptors (Lipinski definition) is 2. The lowest BCUT2D eigenvalue weighted by molar-refractivity contribution is 0.300. The molecule has 0 aromatic heterocycles. The fraction of sp³-hybridized carbons (Fsp3) is 0.900. The van der Waals surface area contributed by atoms with Gasteiger partial charge in [0.25, 0.3) is 0 Å². The monoisotopic (exact) mass is 198 g/mol. The van der Waals surface area contributed by atoms with Gasteiger partial charge in [-0.1, -0.05) is 13.8 Å². The molecule has 4 nitrogen and oxygen atoms in total. The Morgan fingerprint density at radius 1 is 1.64 bits per heavy atom. The van der Waals surface area contributed by atoms with Gasteiger partial charge in [0.1, 0.15) is 0 Å². The van der Waals surface area contributed by atoms with Crippen LogP contribution in [0.15, 0.2) is 4.99 Å². The SMILES string of the molecule is CCN=C(NN)N1CCCC1C(C)C. The highest BCUT2D eigenvalue weighted by Gasteiger charge is 2.28. The minimum atomic E-state index is 0.594. The summed E-state index contributed by atoms with van der Waals surface area (Å²) < 4.78 is 0. The van der Waals surface area contributed by atoms with Crippen LogP contribution in [-0.4, -0.2) is 30.0 Å². The summed E-state index contributed by atoms with van der Waals surface area (Å²) in [5.41, 5.74) is 2.71. The van der Waals surface area contributed by atoms with Gasteiger partial charge in [-0.2, -0.15) is 0 Å². The van der Waals surface area contributed by atoms with Crippen molar-refractivity contribution in [3.8, 4) is 0 Å². The van der Waals surface area contributed by atoms with E-state index >= 15 is 0 Å². The van der Waals surface area contributed by atoms with E-state index in [1.807, 2.05) is 6.92 Å². The largest absolute Gasteiger partial charge is 0.339 e. The molecule has 1 atom stereocenters. The third kappa shape index (κ3) is 2.38. The Balaban J connectivity index is 2.69. The van der Waals surface area contributed by atoms with Crippen LogP contribution < -0.4 is 11.3 Å². The van der Waals surface area contributed by atoms with Crippen molar-refractivity contribution in [2.24, 2.45) is 16.8 Å². The highest BCUT2D eigenvalue weighted by atomic mass is 15.4. The summed E-state index contributed by atoms with van der Waals surface area (Å²) >= 11 is 0. The summed E-state index contributed by atoms with van der Waals surface area (Å²) in [4.78, 5) is 6.66. The molecular weight excluding hydrogens is 176 g/mol. The van der Waals surface area contributed by atoms with Gasteiger partial charge in [-0.05, 0) is 25.7 Å². The average molecular weight is 198 g/mol. The first-order valence-electron chi connectivity index (χ1n) is 5.48. The number of guanidine groups is 1. The summed E-state index contributed by atoms with van der Waals surface area (Å²) in [5.74, 6) is 6.99. The van der Waals surface area contributed by atoms with Gasteiger partial charge in [-0.3, -0.25) is 10.4 Å². The third-order valence-corrected chi connectivity index (χ3v) is 2.78. The van der Waals surface area contributed by atoms with Crippen molar-refractivity contribution in [2.45, 2.75) is 39.7 Å². The molecule has 1 saturated heterocycles. The fourth-order valence-corrected chi connectivity index (χ4v) is 2.12. The number of nitrogens with one attached hydrogen (secondary N) is 1. The lowest BCUT2D eigenvalue weighted by Crippen LogP contribution is -2.48. The number of rotatable bonds is 2. The van der Waals surface area contributed by atoms with E-state index in [9.17, 15) is 0 Å². The standard InChI is InChI=1S/C10H22N4/c1-4-12-10(13-11)14-7-5-6-9(14)8(2)3/h8-9H,4-7,11H2,1-3H3,(H,12,13). The van der Waals surface area contributed by atoms with Gasteiger partial charge in [0.05, 0.1) is 0 Å². The molecule has 1 aliphatic rings. The van der Waals surface area contributed by atoms with E-state index in [0.29, 0.717) is 12.0 Å². The molecule has 1 heterocycles. The molecule has 1 rings (SSSR count). The Morgan fingerprint density at radius 3 is 2.86 bits per heavy atom. The smallest absolute Gasteiger partial charge is 0.208 e. The molecule has 0 saturated carbocycles. The van der Waals surface area contributed by atoms with Crippen LogP contribution in [0.25, 0.3) is 0 Å². The molecule has 4 heteroatoms. The Kier molecular flexibility index (Phi) is 4.20. The van der Waals surface area contributed by atoms with E-state index in [2.05, 4.69) is 29.2 Å². The minimum Gasteiger partial charge on any atom is -0.339 e. The zero-order valence-electron chi connectivity index (χ0n) is 9.45. The maximum absolute atomic E-state index is 5.48. The zero-order chi connectivity index (χ0) is 10.6. The van der Waals surface area contributed by atoms with Gasteiger partial charge in [0.2, 0.25) is 5.96 Å². The normalized spacial score (nSPS) is 23.4. The van der Waals surface area contributed by atoms with Crippen molar-refractivity contribution in [3.05, 3.63) is 0 Å². The lowest BCUT2D eigenvalue weighted by Gasteiger charge is -2.29. The molecule has 3 N–H and O–H groups in total. The number of nitrogens with two attached hydrogens (primary N) is 1. The highest BCUT2D eigenvalue weighted by Crippen LogP contribution is 2.23. The summed E-state index contributed by atoms with van der Waals surface area (Å²) in [6.07, 6.45) is 2.50. The molecule has 82 valence electrons. The van der Waals surface area contributed by atoms with Crippen LogP contribution in [0, 0.1) is 5.92 Å². The predicted octanol–water partition coefficient (Wildman–Crippen LogP) is 0.946. The molecule has 1 unspecified atom stereocenters. The third-order valence-electron chi connectivity index (χ3n) is 2.78. The van der Waals surface area contributed by atoms with Crippen molar-refractivity contribution in [3.63, 3.8) is 0 Å². The second kappa shape index (κ2) is 5.20. The van der Waals surface area contributed by atoms with Gasteiger partial charge in [0.15, 0.2) is 0 Å². The molecule has 0 aromatic carbocycles. The molecule has 14 heavy (non-hydrogen) atoms. The number of likely N-dealkylation sites (tertiary alicyclic amines) is 1. The minimum absolute atomic E-state index is 0.594. The lowest BCUT2D eigenvalue weighted by atomic mass is 10.0. The Labute approximate surface area is 86.5 Å². The first-order chi connectivity index (χ1) is 6.70. The first kappa shape index (κ1) is 11.3. The first-order valence-corrected chi connectivity index (χ1v) is 5.48.